The van der Waals surface area contributed by atoms with Crippen LogP contribution in [-0.2, 0) is 11.3 Å². The van der Waals surface area contributed by atoms with E-state index in [1.54, 1.807) is 0 Å². The SMILES string of the molecule is O=C(CNCc1ccc2c(c1)OCO2)NCCC1=CCCCC1. The van der Waals surface area contributed by atoms with Gasteiger partial charge < -0.3 is 20.1 Å². The van der Waals surface area contributed by atoms with E-state index < -0.39 is 0 Å². The maximum absolute atomic E-state index is 11.8. The van der Waals surface area contributed by atoms with Gasteiger partial charge in [0, 0.05) is 13.1 Å². The van der Waals surface area contributed by atoms with E-state index >= 15 is 0 Å². The van der Waals surface area contributed by atoms with Gasteiger partial charge in [-0.15, -0.1) is 0 Å². The lowest BCUT2D eigenvalue weighted by Gasteiger charge is -2.13. The van der Waals surface area contributed by atoms with Gasteiger partial charge in [0.2, 0.25) is 12.7 Å². The van der Waals surface area contributed by atoms with Crippen LogP contribution in [0.15, 0.2) is 29.8 Å². The minimum absolute atomic E-state index is 0.0437. The van der Waals surface area contributed by atoms with Crippen molar-refractivity contribution in [2.45, 2.75) is 38.6 Å². The standard InChI is InChI=1S/C18H24N2O3/c21-18(20-9-8-14-4-2-1-3-5-14)12-19-11-15-6-7-16-17(10-15)23-13-22-16/h4,6-7,10,19H,1-3,5,8-9,11-13H2,(H,20,21). The van der Waals surface area contributed by atoms with Gasteiger partial charge in [-0.3, -0.25) is 4.79 Å². The summed E-state index contributed by atoms with van der Waals surface area (Å²) in [5, 5.41) is 6.13. The van der Waals surface area contributed by atoms with Gasteiger partial charge in [-0.1, -0.05) is 17.7 Å². The number of benzene rings is 1. The Morgan fingerprint density at radius 3 is 2.96 bits per heavy atom. The maximum Gasteiger partial charge on any atom is 0.233 e. The van der Waals surface area contributed by atoms with Gasteiger partial charge in [-0.05, 0) is 49.8 Å². The van der Waals surface area contributed by atoms with Gasteiger partial charge in [-0.25, -0.2) is 0 Å². The summed E-state index contributed by atoms with van der Waals surface area (Å²) < 4.78 is 10.6. The molecule has 1 amide bonds. The van der Waals surface area contributed by atoms with Gasteiger partial charge in [0.05, 0.1) is 6.54 Å². The highest BCUT2D eigenvalue weighted by molar-refractivity contribution is 5.77. The largest absolute Gasteiger partial charge is 0.454 e. The second-order valence-corrected chi connectivity index (χ2v) is 6.00. The molecule has 1 aromatic carbocycles. The maximum atomic E-state index is 11.8. The number of nitrogens with one attached hydrogen (secondary N) is 2. The molecule has 0 fully saturated rings. The number of carbonyl (C=O) groups excluding carboxylic acids is 1. The summed E-state index contributed by atoms with van der Waals surface area (Å²) in [4.78, 5) is 11.8. The van der Waals surface area contributed by atoms with Crippen LogP contribution in [0.4, 0.5) is 0 Å². The van der Waals surface area contributed by atoms with Crippen molar-refractivity contribution < 1.29 is 14.3 Å². The molecule has 0 saturated heterocycles. The van der Waals surface area contributed by atoms with E-state index in [0.29, 0.717) is 13.1 Å². The Morgan fingerprint density at radius 1 is 1.17 bits per heavy atom. The van der Waals surface area contributed by atoms with Crippen LogP contribution < -0.4 is 20.1 Å². The predicted octanol–water partition coefficient (Wildman–Crippen LogP) is 2.51. The van der Waals surface area contributed by atoms with Crippen molar-refractivity contribution in [1.29, 1.82) is 0 Å². The molecular formula is C18H24N2O3. The van der Waals surface area contributed by atoms with Crippen molar-refractivity contribution >= 4 is 5.91 Å². The summed E-state index contributed by atoms with van der Waals surface area (Å²) in [5.41, 5.74) is 2.57. The zero-order valence-electron chi connectivity index (χ0n) is 13.4. The number of hydrogen-bond acceptors (Lipinski definition) is 4. The normalized spacial score (nSPS) is 16.1. The minimum Gasteiger partial charge on any atom is -0.454 e. The summed E-state index contributed by atoms with van der Waals surface area (Å²) in [5.74, 6) is 1.60. The predicted molar refractivity (Wildman–Crippen MR) is 88.4 cm³/mol. The number of fused-ring (bicyclic) bond motifs is 1. The fourth-order valence-electron chi connectivity index (χ4n) is 2.93. The number of ether oxygens (including phenoxy) is 2. The molecule has 0 unspecified atom stereocenters. The van der Waals surface area contributed by atoms with Gasteiger partial charge in [-0.2, -0.15) is 0 Å². The molecule has 124 valence electrons. The van der Waals surface area contributed by atoms with Crippen LogP contribution in [0.1, 0.15) is 37.7 Å². The number of rotatable bonds is 7. The summed E-state index contributed by atoms with van der Waals surface area (Å²) >= 11 is 0. The van der Waals surface area contributed by atoms with Crippen LogP contribution in [0.2, 0.25) is 0 Å². The summed E-state index contributed by atoms with van der Waals surface area (Å²) in [6.07, 6.45) is 8.29. The summed E-state index contributed by atoms with van der Waals surface area (Å²) in [6, 6.07) is 5.83. The second kappa shape index (κ2) is 8.02. The van der Waals surface area contributed by atoms with Crippen molar-refractivity contribution in [2.24, 2.45) is 0 Å². The van der Waals surface area contributed by atoms with Crippen molar-refractivity contribution in [3.63, 3.8) is 0 Å². The number of amides is 1. The van der Waals surface area contributed by atoms with E-state index in [-0.39, 0.29) is 12.7 Å². The first-order valence-corrected chi connectivity index (χ1v) is 8.35. The average Bonchev–Trinajstić information content (AvgIpc) is 3.03. The third-order valence-corrected chi connectivity index (χ3v) is 4.20. The molecule has 0 spiro atoms. The van der Waals surface area contributed by atoms with Crippen molar-refractivity contribution in [1.82, 2.24) is 10.6 Å². The van der Waals surface area contributed by atoms with Crippen LogP contribution in [-0.4, -0.2) is 25.8 Å². The van der Waals surface area contributed by atoms with Gasteiger partial charge in [0.15, 0.2) is 11.5 Å². The van der Waals surface area contributed by atoms with E-state index in [1.165, 1.54) is 31.3 Å². The van der Waals surface area contributed by atoms with E-state index in [1.807, 2.05) is 18.2 Å². The molecule has 1 aliphatic carbocycles. The quantitative estimate of drug-likeness (QED) is 0.759. The smallest absolute Gasteiger partial charge is 0.233 e. The molecule has 2 N–H and O–H groups in total. The molecule has 0 radical (unpaired) electrons. The Labute approximate surface area is 137 Å². The number of allylic oxidation sites excluding steroid dienone is 1. The summed E-state index contributed by atoms with van der Waals surface area (Å²) in [7, 11) is 0. The van der Waals surface area contributed by atoms with Crippen molar-refractivity contribution in [3.05, 3.63) is 35.4 Å². The topological polar surface area (TPSA) is 59.6 Å². The zero-order valence-corrected chi connectivity index (χ0v) is 13.4. The first-order valence-electron chi connectivity index (χ1n) is 8.35. The second-order valence-electron chi connectivity index (χ2n) is 6.00. The first-order chi connectivity index (χ1) is 11.3. The molecule has 23 heavy (non-hydrogen) atoms. The van der Waals surface area contributed by atoms with Crippen molar-refractivity contribution in [2.75, 3.05) is 19.9 Å². The van der Waals surface area contributed by atoms with Crippen molar-refractivity contribution in [3.8, 4) is 11.5 Å². The van der Waals surface area contributed by atoms with Crippen LogP contribution in [0.5, 0.6) is 11.5 Å². The summed E-state index contributed by atoms with van der Waals surface area (Å²) in [6.45, 7) is 1.98. The lowest BCUT2D eigenvalue weighted by atomic mass is 9.97. The third kappa shape index (κ3) is 4.73. The van der Waals surface area contributed by atoms with Crippen LogP contribution in [0.3, 0.4) is 0 Å². The lowest BCUT2D eigenvalue weighted by molar-refractivity contribution is -0.120. The highest BCUT2D eigenvalue weighted by Gasteiger charge is 2.13. The molecule has 0 atom stereocenters. The first kappa shape index (κ1) is 15.9. The molecule has 0 bridgehead atoms. The Morgan fingerprint density at radius 2 is 2.09 bits per heavy atom. The number of carbonyl (C=O) groups is 1. The van der Waals surface area contributed by atoms with Gasteiger partial charge >= 0.3 is 0 Å². The molecule has 0 saturated carbocycles. The zero-order chi connectivity index (χ0) is 15.9. The molecule has 1 aliphatic heterocycles. The van der Waals surface area contributed by atoms with Gasteiger partial charge in [0.25, 0.3) is 0 Å². The van der Waals surface area contributed by atoms with E-state index in [4.69, 9.17) is 9.47 Å². The van der Waals surface area contributed by atoms with Crippen LogP contribution in [0, 0.1) is 0 Å². The lowest BCUT2D eigenvalue weighted by Crippen LogP contribution is -2.34. The Balaban J connectivity index is 1.32. The molecule has 2 aliphatic rings. The molecule has 3 rings (SSSR count). The Bertz CT molecular complexity index is 584. The molecule has 0 aromatic heterocycles. The monoisotopic (exact) mass is 316 g/mol. The van der Waals surface area contributed by atoms with Crippen LogP contribution >= 0.6 is 0 Å². The average molecular weight is 316 g/mol. The Kier molecular flexibility index (Phi) is 5.53. The molecular weight excluding hydrogens is 292 g/mol. The third-order valence-electron chi connectivity index (χ3n) is 4.20. The molecule has 1 aromatic rings. The molecule has 1 heterocycles. The highest BCUT2D eigenvalue weighted by Crippen LogP contribution is 2.32. The minimum atomic E-state index is 0.0437. The van der Waals surface area contributed by atoms with Crippen LogP contribution in [0.25, 0.3) is 0 Å². The fraction of sp³-hybridized carbons (Fsp3) is 0.500. The van der Waals surface area contributed by atoms with E-state index in [2.05, 4.69) is 16.7 Å². The fourth-order valence-corrected chi connectivity index (χ4v) is 2.93. The van der Waals surface area contributed by atoms with Gasteiger partial charge in [0.1, 0.15) is 0 Å². The van der Waals surface area contributed by atoms with E-state index in [9.17, 15) is 4.79 Å². The number of hydrogen-bond donors (Lipinski definition) is 2. The molecule has 5 nitrogen and oxygen atoms in total. The highest BCUT2D eigenvalue weighted by atomic mass is 16.7. The molecule has 5 heteroatoms. The van der Waals surface area contributed by atoms with E-state index in [0.717, 1.165) is 30.0 Å². The Hall–Kier alpha value is -2.01.